The van der Waals surface area contributed by atoms with Gasteiger partial charge in [-0.25, -0.2) is 0 Å². The molecule has 0 saturated carbocycles. The van der Waals surface area contributed by atoms with Crippen LogP contribution in [0.1, 0.15) is 12.8 Å². The number of thioether (sulfide) groups is 1. The molecule has 0 aliphatic carbocycles. The van der Waals surface area contributed by atoms with Gasteiger partial charge in [-0.2, -0.15) is 21.4 Å². The molecule has 0 unspecified atom stereocenters. The van der Waals surface area contributed by atoms with Crippen molar-refractivity contribution < 1.29 is 30.5 Å². The van der Waals surface area contributed by atoms with Gasteiger partial charge in [0.1, 0.15) is 4.70 Å². The Morgan fingerprint density at radius 1 is 1.08 bits per heavy atom. The third kappa shape index (κ3) is 7.00. The molecule has 1 aromatic heterocycles. The van der Waals surface area contributed by atoms with E-state index < -0.39 is 20.2 Å². The van der Waals surface area contributed by atoms with E-state index in [4.69, 9.17) is 20.7 Å². The van der Waals surface area contributed by atoms with Crippen LogP contribution in [0.15, 0.2) is 22.5 Å². The second-order valence-corrected chi connectivity index (χ2v) is 11.2. The lowest BCUT2D eigenvalue weighted by atomic mass is 10.3. The molecule has 0 bridgehead atoms. The number of thiazole rings is 1. The molecule has 0 aliphatic rings. The van der Waals surface area contributed by atoms with Crippen LogP contribution in [0.5, 0.6) is 0 Å². The summed E-state index contributed by atoms with van der Waals surface area (Å²) in [5, 5.41) is 0.553. The first-order valence-corrected chi connectivity index (χ1v) is 12.6. The van der Waals surface area contributed by atoms with E-state index in [1.807, 2.05) is 10.6 Å². The van der Waals surface area contributed by atoms with Crippen molar-refractivity contribution in [3.05, 3.63) is 23.2 Å². The van der Waals surface area contributed by atoms with Crippen LogP contribution in [-0.2, 0) is 26.8 Å². The highest BCUT2D eigenvalue weighted by atomic mass is 35.5. The molecule has 25 heavy (non-hydrogen) atoms. The van der Waals surface area contributed by atoms with Crippen LogP contribution in [-0.4, -0.2) is 43.2 Å². The van der Waals surface area contributed by atoms with Crippen LogP contribution in [0.25, 0.3) is 10.2 Å². The van der Waals surface area contributed by atoms with Gasteiger partial charge in [-0.05, 0) is 30.3 Å². The van der Waals surface area contributed by atoms with Crippen LogP contribution in [0, 0.1) is 0 Å². The summed E-state index contributed by atoms with van der Waals surface area (Å²) in [6.07, 6.45) is 0.532. The fourth-order valence-electron chi connectivity index (χ4n) is 2.16. The summed E-state index contributed by atoms with van der Waals surface area (Å²) in [5.74, 6) is -0.164. The predicted molar refractivity (Wildman–Crippen MR) is 99.8 cm³/mol. The van der Waals surface area contributed by atoms with E-state index >= 15 is 0 Å². The van der Waals surface area contributed by atoms with Crippen molar-refractivity contribution in [2.75, 3.05) is 17.3 Å². The molecule has 12 heteroatoms. The van der Waals surface area contributed by atoms with Crippen molar-refractivity contribution >= 4 is 65.2 Å². The fraction of sp³-hybridized carbons (Fsp3) is 0.462. The summed E-state index contributed by atoms with van der Waals surface area (Å²) in [7, 11) is -8.00. The Hall–Kier alpha value is -0.430. The molecule has 0 radical (unpaired) electrons. The summed E-state index contributed by atoms with van der Waals surface area (Å²) in [5.41, 5.74) is 0.852. The number of benzene rings is 1. The Morgan fingerprint density at radius 2 is 1.72 bits per heavy atom. The minimum absolute atomic E-state index is 0.237. The molecule has 0 amide bonds. The summed E-state index contributed by atoms with van der Waals surface area (Å²) < 4.78 is 64.8. The topological polar surface area (TPSA) is 113 Å². The van der Waals surface area contributed by atoms with Crippen LogP contribution in [0.4, 0.5) is 0 Å². The highest BCUT2D eigenvalue weighted by Gasteiger charge is 2.22. The summed E-state index contributed by atoms with van der Waals surface area (Å²) in [4.78, 5) is 0. The third-order valence-corrected chi connectivity index (χ3v) is 7.55. The first kappa shape index (κ1) is 20.9. The third-order valence-electron chi connectivity index (χ3n) is 3.19. The molecule has 1 aromatic carbocycles. The average Bonchev–Trinajstić information content (AvgIpc) is 2.79. The maximum Gasteiger partial charge on any atom is 0.298 e. The highest BCUT2D eigenvalue weighted by molar-refractivity contribution is 8.01. The first-order chi connectivity index (χ1) is 11.6. The molecule has 0 saturated heterocycles. The molecule has 0 spiro atoms. The van der Waals surface area contributed by atoms with Crippen molar-refractivity contribution in [2.45, 2.75) is 23.7 Å². The van der Waals surface area contributed by atoms with Crippen LogP contribution >= 0.6 is 34.7 Å². The highest BCUT2D eigenvalue weighted by Crippen LogP contribution is 2.30. The Labute approximate surface area is 159 Å². The standard InChI is InChI=1S/C13H16ClNO6S4/c14-10-3-4-12-11(9-10)15(5-1-7-24(16,17)18)13(23-12)22-6-2-8-25(19,20)21/h3-4,9H,1-2,5-8H2,(H-,16,17,18,19,20,21)/p+1. The van der Waals surface area contributed by atoms with Gasteiger partial charge in [-0.1, -0.05) is 22.9 Å². The number of aryl methyl sites for hydroxylation is 1. The van der Waals surface area contributed by atoms with Crippen LogP contribution < -0.4 is 4.57 Å². The maximum absolute atomic E-state index is 10.9. The molecule has 0 fully saturated rings. The van der Waals surface area contributed by atoms with E-state index in [1.54, 1.807) is 12.1 Å². The summed E-state index contributed by atoms with van der Waals surface area (Å²) >= 11 is 8.96. The Morgan fingerprint density at radius 3 is 2.36 bits per heavy atom. The SMILES string of the molecule is O=S(=O)(O)CCCSc1sc2ccc(Cl)cc2[n+]1CCCS(=O)(=O)O. The average molecular weight is 447 g/mol. The molecule has 2 aromatic rings. The zero-order chi connectivity index (χ0) is 18.7. The molecular weight excluding hydrogens is 430 g/mol. The minimum Gasteiger partial charge on any atom is -0.286 e. The lowest BCUT2D eigenvalue weighted by Gasteiger charge is -2.00. The van der Waals surface area contributed by atoms with Gasteiger partial charge in [0, 0.05) is 23.3 Å². The van der Waals surface area contributed by atoms with Crippen LogP contribution in [0.2, 0.25) is 5.02 Å². The molecule has 140 valence electrons. The van der Waals surface area contributed by atoms with E-state index in [0.29, 0.717) is 23.7 Å². The zero-order valence-electron chi connectivity index (χ0n) is 13.0. The molecule has 2 N–H and O–H groups in total. The Kier molecular flexibility index (Phi) is 7.10. The van der Waals surface area contributed by atoms with Crippen LogP contribution in [0.3, 0.4) is 0 Å². The second-order valence-electron chi connectivity index (χ2n) is 5.26. The van der Waals surface area contributed by atoms with Gasteiger partial charge in [-0.3, -0.25) is 9.11 Å². The van der Waals surface area contributed by atoms with Gasteiger partial charge in [-0.15, -0.1) is 0 Å². The number of aromatic nitrogens is 1. The number of fused-ring (bicyclic) bond motifs is 1. The maximum atomic E-state index is 10.9. The summed E-state index contributed by atoms with van der Waals surface area (Å²) in [6, 6.07) is 5.41. The van der Waals surface area contributed by atoms with E-state index in [2.05, 4.69) is 0 Å². The number of hydrogen-bond acceptors (Lipinski definition) is 6. The monoisotopic (exact) mass is 446 g/mol. The number of rotatable bonds is 9. The molecule has 0 aliphatic heterocycles. The van der Waals surface area contributed by atoms with E-state index in [9.17, 15) is 16.8 Å². The van der Waals surface area contributed by atoms with Gasteiger partial charge >= 0.3 is 0 Å². The lowest BCUT2D eigenvalue weighted by molar-refractivity contribution is -0.701. The summed E-state index contributed by atoms with van der Waals surface area (Å²) in [6.45, 7) is 0.376. The smallest absolute Gasteiger partial charge is 0.286 e. The quantitative estimate of drug-likeness (QED) is 0.263. The molecular formula is C13H17ClNO6S4+. The molecule has 2 rings (SSSR count). The van der Waals surface area contributed by atoms with Gasteiger partial charge in [0.25, 0.3) is 24.6 Å². The predicted octanol–water partition coefficient (Wildman–Crippen LogP) is 2.49. The fourth-order valence-corrected chi connectivity index (χ4v) is 5.97. The van der Waals surface area contributed by atoms with Gasteiger partial charge < -0.3 is 0 Å². The van der Waals surface area contributed by atoms with Crippen molar-refractivity contribution in [1.82, 2.24) is 0 Å². The van der Waals surface area contributed by atoms with Gasteiger partial charge in [0.05, 0.1) is 11.5 Å². The zero-order valence-corrected chi connectivity index (χ0v) is 17.0. The molecule has 1 heterocycles. The first-order valence-electron chi connectivity index (χ1n) is 7.20. The Balaban J connectivity index is 2.17. The number of hydrogen-bond donors (Lipinski definition) is 2. The van der Waals surface area contributed by atoms with E-state index in [0.717, 1.165) is 14.6 Å². The van der Waals surface area contributed by atoms with Crippen molar-refractivity contribution in [2.24, 2.45) is 0 Å². The minimum atomic E-state index is -4.03. The largest absolute Gasteiger partial charge is 0.298 e. The van der Waals surface area contributed by atoms with Crippen molar-refractivity contribution in [1.29, 1.82) is 0 Å². The number of nitrogens with zero attached hydrogens (tertiary/aromatic N) is 1. The van der Waals surface area contributed by atoms with E-state index in [1.165, 1.54) is 23.1 Å². The molecule has 0 atom stereocenters. The van der Waals surface area contributed by atoms with Gasteiger partial charge in [0.2, 0.25) is 5.52 Å². The normalized spacial score (nSPS) is 12.8. The molecule has 7 nitrogen and oxygen atoms in total. The Bertz CT molecular complexity index is 954. The van der Waals surface area contributed by atoms with Crippen molar-refractivity contribution in [3.8, 4) is 0 Å². The van der Waals surface area contributed by atoms with Crippen molar-refractivity contribution in [3.63, 3.8) is 0 Å². The lowest BCUT2D eigenvalue weighted by Crippen LogP contribution is -2.35. The number of halogens is 1. The second kappa shape index (κ2) is 8.51. The van der Waals surface area contributed by atoms with E-state index in [-0.39, 0.29) is 17.9 Å². The van der Waals surface area contributed by atoms with Gasteiger partial charge in [0.15, 0.2) is 6.54 Å².